The number of thiazole rings is 1. The first-order chi connectivity index (χ1) is 11.5. The Labute approximate surface area is 147 Å². The van der Waals surface area contributed by atoms with Gasteiger partial charge in [0, 0.05) is 31.4 Å². The lowest BCUT2D eigenvalue weighted by atomic mass is 10.1. The molecule has 1 aliphatic heterocycles. The maximum Gasteiger partial charge on any atom is 0.240 e. The van der Waals surface area contributed by atoms with Gasteiger partial charge in [0.2, 0.25) is 10.0 Å². The fourth-order valence-electron chi connectivity index (χ4n) is 2.74. The summed E-state index contributed by atoms with van der Waals surface area (Å²) in [6, 6.07) is 5.21. The molecule has 1 aromatic heterocycles. The fourth-order valence-corrected chi connectivity index (χ4v) is 4.77. The van der Waals surface area contributed by atoms with Gasteiger partial charge < -0.3 is 4.90 Å². The van der Waals surface area contributed by atoms with E-state index >= 15 is 0 Å². The van der Waals surface area contributed by atoms with E-state index in [4.69, 9.17) is 0 Å². The normalized spacial score (nSPS) is 15.2. The minimum atomic E-state index is -3.46. The summed E-state index contributed by atoms with van der Waals surface area (Å²) in [5.41, 5.74) is 3.02. The van der Waals surface area contributed by atoms with Gasteiger partial charge in [-0.2, -0.15) is 0 Å². The number of hydrogen-bond donors (Lipinski definition) is 1. The van der Waals surface area contributed by atoms with E-state index in [0.717, 1.165) is 35.0 Å². The first-order valence-electron chi connectivity index (χ1n) is 8.22. The van der Waals surface area contributed by atoms with Crippen molar-refractivity contribution in [1.82, 2.24) is 9.71 Å². The summed E-state index contributed by atoms with van der Waals surface area (Å²) in [6.45, 7) is 6.40. The van der Waals surface area contributed by atoms with Gasteiger partial charge >= 0.3 is 0 Å². The van der Waals surface area contributed by atoms with Crippen LogP contribution >= 0.6 is 11.3 Å². The Morgan fingerprint density at radius 1 is 1.21 bits per heavy atom. The molecule has 2 aromatic rings. The number of benzene rings is 1. The van der Waals surface area contributed by atoms with Crippen LogP contribution in [0, 0.1) is 13.8 Å². The Bertz CT molecular complexity index is 809. The maximum absolute atomic E-state index is 12.4. The van der Waals surface area contributed by atoms with Crippen molar-refractivity contribution in [2.75, 3.05) is 24.5 Å². The van der Waals surface area contributed by atoms with Gasteiger partial charge in [-0.05, 0) is 49.9 Å². The second kappa shape index (κ2) is 7.21. The van der Waals surface area contributed by atoms with Crippen LogP contribution in [0.2, 0.25) is 0 Å². The van der Waals surface area contributed by atoms with Crippen LogP contribution in [0.5, 0.6) is 0 Å². The summed E-state index contributed by atoms with van der Waals surface area (Å²) in [5.74, 6) is 0. The molecular weight excluding hydrogens is 342 g/mol. The highest BCUT2D eigenvalue weighted by Gasteiger charge is 2.17. The smallest absolute Gasteiger partial charge is 0.240 e. The van der Waals surface area contributed by atoms with E-state index in [1.807, 2.05) is 25.3 Å². The number of anilines is 1. The molecule has 5 nitrogen and oxygen atoms in total. The van der Waals surface area contributed by atoms with Crippen LogP contribution < -0.4 is 9.62 Å². The average molecular weight is 366 g/mol. The number of nitrogens with one attached hydrogen (secondary N) is 1. The summed E-state index contributed by atoms with van der Waals surface area (Å²) in [5, 5.41) is 3.08. The zero-order valence-corrected chi connectivity index (χ0v) is 15.7. The zero-order chi connectivity index (χ0) is 17.2. The van der Waals surface area contributed by atoms with Crippen LogP contribution in [0.15, 0.2) is 28.5 Å². The summed E-state index contributed by atoms with van der Waals surface area (Å²) >= 11 is 1.64. The van der Waals surface area contributed by atoms with Crippen molar-refractivity contribution in [3.05, 3.63) is 40.4 Å². The second-order valence-electron chi connectivity index (χ2n) is 6.21. The van der Waals surface area contributed by atoms with Gasteiger partial charge in [0.1, 0.15) is 0 Å². The molecule has 130 valence electrons. The van der Waals surface area contributed by atoms with Gasteiger partial charge in [-0.25, -0.2) is 18.1 Å². The van der Waals surface area contributed by atoms with E-state index in [9.17, 15) is 8.42 Å². The molecule has 0 saturated carbocycles. The number of nitrogens with zero attached hydrogens (tertiary/aromatic N) is 2. The van der Waals surface area contributed by atoms with Crippen molar-refractivity contribution in [3.63, 3.8) is 0 Å². The molecule has 7 heteroatoms. The Hall–Kier alpha value is -1.44. The molecule has 3 rings (SSSR count). The van der Waals surface area contributed by atoms with Crippen LogP contribution in [0.25, 0.3) is 0 Å². The quantitative estimate of drug-likeness (QED) is 0.855. The van der Waals surface area contributed by atoms with Crippen LogP contribution in [0.3, 0.4) is 0 Å². The molecule has 0 radical (unpaired) electrons. The van der Waals surface area contributed by atoms with Gasteiger partial charge in [0.05, 0.1) is 10.6 Å². The van der Waals surface area contributed by atoms with Crippen LogP contribution in [-0.4, -0.2) is 33.0 Å². The highest BCUT2D eigenvalue weighted by atomic mass is 32.2. The molecule has 1 N–H and O–H groups in total. The Morgan fingerprint density at radius 3 is 2.67 bits per heavy atom. The highest BCUT2D eigenvalue weighted by Crippen LogP contribution is 2.24. The van der Waals surface area contributed by atoms with Crippen molar-refractivity contribution in [2.45, 2.75) is 38.0 Å². The number of sulfonamides is 1. The Kier molecular flexibility index (Phi) is 5.22. The van der Waals surface area contributed by atoms with E-state index in [1.165, 1.54) is 12.8 Å². The largest absolute Gasteiger partial charge is 0.348 e. The maximum atomic E-state index is 12.4. The monoisotopic (exact) mass is 365 g/mol. The van der Waals surface area contributed by atoms with Gasteiger partial charge in [0.15, 0.2) is 5.13 Å². The number of aryl methyl sites for hydroxylation is 2. The molecule has 24 heavy (non-hydrogen) atoms. The van der Waals surface area contributed by atoms with Crippen molar-refractivity contribution in [1.29, 1.82) is 0 Å². The van der Waals surface area contributed by atoms with Gasteiger partial charge in [-0.3, -0.25) is 0 Å². The lowest BCUT2D eigenvalue weighted by Gasteiger charge is -2.12. The number of rotatable bonds is 6. The van der Waals surface area contributed by atoms with Crippen LogP contribution in [0.4, 0.5) is 5.13 Å². The molecule has 0 spiro atoms. The van der Waals surface area contributed by atoms with Gasteiger partial charge in [-0.15, -0.1) is 11.3 Å². The predicted octanol–water partition coefficient (Wildman–Crippen LogP) is 2.88. The third kappa shape index (κ3) is 3.96. The molecule has 1 aliphatic rings. The summed E-state index contributed by atoms with van der Waals surface area (Å²) in [7, 11) is -3.46. The van der Waals surface area contributed by atoms with Crippen molar-refractivity contribution < 1.29 is 8.42 Å². The predicted molar refractivity (Wildman–Crippen MR) is 98.4 cm³/mol. The number of aromatic nitrogens is 1. The average Bonchev–Trinajstić information content (AvgIpc) is 3.20. The zero-order valence-electron chi connectivity index (χ0n) is 14.1. The molecular formula is C17H23N3O2S2. The minimum Gasteiger partial charge on any atom is -0.348 e. The summed E-state index contributed by atoms with van der Waals surface area (Å²) in [4.78, 5) is 7.24. The van der Waals surface area contributed by atoms with Crippen molar-refractivity contribution in [2.24, 2.45) is 0 Å². The first-order valence-corrected chi connectivity index (χ1v) is 10.6. The first kappa shape index (κ1) is 17.4. The molecule has 1 fully saturated rings. The van der Waals surface area contributed by atoms with E-state index in [1.54, 1.807) is 23.5 Å². The minimum absolute atomic E-state index is 0.321. The summed E-state index contributed by atoms with van der Waals surface area (Å²) in [6.07, 6.45) is 3.06. The topological polar surface area (TPSA) is 62.3 Å². The number of hydrogen-bond acceptors (Lipinski definition) is 5. The van der Waals surface area contributed by atoms with Crippen molar-refractivity contribution in [3.8, 4) is 0 Å². The second-order valence-corrected chi connectivity index (χ2v) is 8.81. The molecule has 0 atom stereocenters. The Balaban J connectivity index is 1.58. The van der Waals surface area contributed by atoms with Crippen LogP contribution in [-0.2, 0) is 16.4 Å². The Morgan fingerprint density at radius 2 is 1.96 bits per heavy atom. The summed E-state index contributed by atoms with van der Waals surface area (Å²) < 4.78 is 27.4. The van der Waals surface area contributed by atoms with Crippen LogP contribution in [0.1, 0.15) is 29.7 Å². The highest BCUT2D eigenvalue weighted by molar-refractivity contribution is 7.89. The van der Waals surface area contributed by atoms with Crippen molar-refractivity contribution >= 4 is 26.5 Å². The van der Waals surface area contributed by atoms with Gasteiger partial charge in [0.25, 0.3) is 0 Å². The van der Waals surface area contributed by atoms with E-state index in [0.29, 0.717) is 17.9 Å². The fraction of sp³-hybridized carbons (Fsp3) is 0.471. The lowest BCUT2D eigenvalue weighted by molar-refractivity contribution is 0.581. The standard InChI is InChI=1S/C17H23N3O2S2/c1-13-5-6-16(11-14(13)2)24(21,22)18-8-7-15-12-23-17(19-15)20-9-3-4-10-20/h5-6,11-12,18H,3-4,7-10H2,1-2H3. The third-order valence-electron chi connectivity index (χ3n) is 4.38. The third-order valence-corrected chi connectivity index (χ3v) is 6.79. The van der Waals surface area contributed by atoms with E-state index in [2.05, 4.69) is 14.6 Å². The molecule has 0 aliphatic carbocycles. The van der Waals surface area contributed by atoms with Gasteiger partial charge in [-0.1, -0.05) is 6.07 Å². The van der Waals surface area contributed by atoms with E-state index in [-0.39, 0.29) is 0 Å². The lowest BCUT2D eigenvalue weighted by Crippen LogP contribution is -2.26. The molecule has 1 aromatic carbocycles. The molecule has 1 saturated heterocycles. The SMILES string of the molecule is Cc1ccc(S(=O)(=O)NCCc2csc(N3CCCC3)n2)cc1C. The molecule has 0 unspecified atom stereocenters. The molecule has 2 heterocycles. The molecule has 0 amide bonds. The molecule has 0 bridgehead atoms. The van der Waals surface area contributed by atoms with E-state index < -0.39 is 10.0 Å².